The van der Waals surface area contributed by atoms with Gasteiger partial charge in [0.25, 0.3) is 0 Å². The van der Waals surface area contributed by atoms with E-state index in [0.717, 1.165) is 51.4 Å². The van der Waals surface area contributed by atoms with Crippen molar-refractivity contribution >= 4 is 5.97 Å². The first-order valence-corrected chi connectivity index (χ1v) is 13.9. The van der Waals surface area contributed by atoms with E-state index in [0.29, 0.717) is 18.3 Å². The molecule has 0 radical (unpaired) electrons. The number of hydrogen-bond acceptors (Lipinski definition) is 3. The largest absolute Gasteiger partial charge is 0.481 e. The Labute approximate surface area is 206 Å². The maximum absolute atomic E-state index is 12.8. The fourth-order valence-electron chi connectivity index (χ4n) is 10.8. The molecule has 0 aliphatic heterocycles. The van der Waals surface area contributed by atoms with E-state index < -0.39 is 23.6 Å². The van der Waals surface area contributed by atoms with E-state index in [1.54, 1.807) is 0 Å². The Balaban J connectivity index is 1.61. The molecule has 0 bridgehead atoms. The van der Waals surface area contributed by atoms with Crippen molar-refractivity contribution in [1.29, 1.82) is 0 Å². The van der Waals surface area contributed by atoms with Crippen LogP contribution in [0.4, 0.5) is 0 Å². The van der Waals surface area contributed by atoms with E-state index in [9.17, 15) is 20.1 Å². The molecule has 5 rings (SSSR count). The molecule has 0 spiro atoms. The second-order valence-electron chi connectivity index (χ2n) is 15.2. The minimum atomic E-state index is -0.679. The van der Waals surface area contributed by atoms with Gasteiger partial charge in [0.05, 0.1) is 17.6 Å². The third kappa shape index (κ3) is 2.88. The Kier molecular flexibility index (Phi) is 5.20. The fraction of sp³-hybridized carbons (Fsp3) is 0.900. The summed E-state index contributed by atoms with van der Waals surface area (Å²) >= 11 is 0. The number of aliphatic hydroxyl groups is 2. The van der Waals surface area contributed by atoms with Crippen LogP contribution in [0.5, 0.6) is 0 Å². The van der Waals surface area contributed by atoms with Gasteiger partial charge in [-0.25, -0.2) is 0 Å². The summed E-state index contributed by atoms with van der Waals surface area (Å²) in [4.78, 5) is 12.8. The van der Waals surface area contributed by atoms with Gasteiger partial charge in [0, 0.05) is 0 Å². The molecule has 0 saturated heterocycles. The lowest BCUT2D eigenvalue weighted by molar-refractivity contribution is -0.231. The summed E-state index contributed by atoms with van der Waals surface area (Å²) in [5.74, 6) is 0.365. The minimum Gasteiger partial charge on any atom is -0.481 e. The molecule has 0 heterocycles. The van der Waals surface area contributed by atoms with Gasteiger partial charge in [-0.05, 0) is 103 Å². The first-order valence-electron chi connectivity index (χ1n) is 13.9. The summed E-state index contributed by atoms with van der Waals surface area (Å²) in [6.45, 7) is 16.3. The van der Waals surface area contributed by atoms with Crippen molar-refractivity contribution < 1.29 is 20.1 Å². The number of allylic oxidation sites excluding steroid dienone is 2. The van der Waals surface area contributed by atoms with Gasteiger partial charge in [0.1, 0.15) is 0 Å². The number of aliphatic hydroxyl groups excluding tert-OH is 2. The predicted molar refractivity (Wildman–Crippen MR) is 134 cm³/mol. The Hall–Kier alpha value is -0.870. The van der Waals surface area contributed by atoms with Crippen molar-refractivity contribution in [1.82, 2.24) is 0 Å². The summed E-state index contributed by atoms with van der Waals surface area (Å²) in [6, 6.07) is 0. The molecule has 0 amide bonds. The number of rotatable bonds is 1. The van der Waals surface area contributed by atoms with Crippen LogP contribution in [-0.4, -0.2) is 33.5 Å². The Morgan fingerprint density at radius 2 is 1.53 bits per heavy atom. The zero-order valence-corrected chi connectivity index (χ0v) is 22.6. The third-order valence-electron chi connectivity index (χ3n) is 13.0. The smallest absolute Gasteiger partial charge is 0.310 e. The highest BCUT2D eigenvalue weighted by Gasteiger charge is 2.70. The molecule has 0 aromatic carbocycles. The van der Waals surface area contributed by atoms with Gasteiger partial charge in [-0.1, -0.05) is 60.1 Å². The summed E-state index contributed by atoms with van der Waals surface area (Å²) < 4.78 is 0. The lowest BCUT2D eigenvalue weighted by Gasteiger charge is -2.71. The van der Waals surface area contributed by atoms with Gasteiger partial charge >= 0.3 is 5.97 Å². The number of fused-ring (bicyclic) bond motifs is 7. The van der Waals surface area contributed by atoms with Gasteiger partial charge in [0.15, 0.2) is 0 Å². The Bertz CT molecular complexity index is 919. The second-order valence-corrected chi connectivity index (χ2v) is 15.2. The van der Waals surface area contributed by atoms with Crippen molar-refractivity contribution in [3.63, 3.8) is 0 Å². The van der Waals surface area contributed by atoms with Gasteiger partial charge in [-0.15, -0.1) is 0 Å². The molecule has 4 heteroatoms. The number of aliphatic carboxylic acids is 1. The normalized spacial score (nSPS) is 53.4. The van der Waals surface area contributed by atoms with Gasteiger partial charge < -0.3 is 15.3 Å². The van der Waals surface area contributed by atoms with E-state index in [2.05, 4.69) is 54.5 Å². The molecule has 34 heavy (non-hydrogen) atoms. The molecule has 3 unspecified atom stereocenters. The number of hydrogen-bond donors (Lipinski definition) is 3. The van der Waals surface area contributed by atoms with Crippen LogP contribution in [-0.2, 0) is 4.79 Å². The summed E-state index contributed by atoms with van der Waals surface area (Å²) in [5, 5.41) is 32.4. The SMILES string of the molecule is CC1(C)CC[C@]2(C(=O)O)CCC3(C)C(=CCC4[C@@]5(C)C[C@H](O)[C@H](O)C(C)(C)C5CC[C@]43C)[C@@H]2C1. The van der Waals surface area contributed by atoms with Crippen molar-refractivity contribution in [2.45, 2.75) is 118 Å². The summed E-state index contributed by atoms with van der Waals surface area (Å²) in [7, 11) is 0. The van der Waals surface area contributed by atoms with Crippen LogP contribution in [0.2, 0.25) is 0 Å². The number of carbonyl (C=O) groups is 1. The second kappa shape index (κ2) is 7.12. The molecule has 9 atom stereocenters. The lowest BCUT2D eigenvalue weighted by atomic mass is 9.33. The van der Waals surface area contributed by atoms with Crippen LogP contribution >= 0.6 is 0 Å². The van der Waals surface area contributed by atoms with Gasteiger partial charge in [0.2, 0.25) is 0 Å². The van der Waals surface area contributed by atoms with E-state index in [1.807, 2.05) is 0 Å². The van der Waals surface area contributed by atoms with Crippen LogP contribution in [0.25, 0.3) is 0 Å². The lowest BCUT2D eigenvalue weighted by Crippen LogP contribution is -2.67. The molecular weight excluding hydrogens is 424 g/mol. The average Bonchev–Trinajstić information content (AvgIpc) is 2.72. The highest BCUT2D eigenvalue weighted by Crippen LogP contribution is 2.75. The van der Waals surface area contributed by atoms with Crippen LogP contribution in [0.1, 0.15) is 106 Å². The average molecular weight is 473 g/mol. The van der Waals surface area contributed by atoms with Gasteiger partial charge in [-0.3, -0.25) is 4.79 Å². The highest BCUT2D eigenvalue weighted by molar-refractivity contribution is 5.76. The van der Waals surface area contributed by atoms with Crippen molar-refractivity contribution in [3.05, 3.63) is 11.6 Å². The number of carboxylic acid groups (broad SMARTS) is 1. The quantitative estimate of drug-likeness (QED) is 0.397. The topological polar surface area (TPSA) is 77.8 Å². The zero-order valence-electron chi connectivity index (χ0n) is 22.6. The maximum atomic E-state index is 12.8. The number of carboxylic acids is 1. The van der Waals surface area contributed by atoms with Crippen LogP contribution in [0, 0.1) is 50.2 Å². The molecule has 3 N–H and O–H groups in total. The minimum absolute atomic E-state index is 0.00785. The molecule has 4 saturated carbocycles. The maximum Gasteiger partial charge on any atom is 0.310 e. The Morgan fingerprint density at radius 3 is 2.18 bits per heavy atom. The molecule has 5 aliphatic rings. The van der Waals surface area contributed by atoms with Crippen LogP contribution in [0.15, 0.2) is 11.6 Å². The van der Waals surface area contributed by atoms with Gasteiger partial charge in [-0.2, -0.15) is 0 Å². The van der Waals surface area contributed by atoms with E-state index in [1.165, 1.54) is 5.57 Å². The van der Waals surface area contributed by atoms with E-state index >= 15 is 0 Å². The summed E-state index contributed by atoms with van der Waals surface area (Å²) in [5.41, 5.74) is 0.754. The molecule has 0 aromatic rings. The van der Waals surface area contributed by atoms with E-state index in [4.69, 9.17) is 0 Å². The molecule has 4 nitrogen and oxygen atoms in total. The van der Waals surface area contributed by atoms with Crippen molar-refractivity contribution in [2.24, 2.45) is 50.2 Å². The predicted octanol–water partition coefficient (Wildman–Crippen LogP) is 6.20. The van der Waals surface area contributed by atoms with Crippen LogP contribution < -0.4 is 0 Å². The fourth-order valence-corrected chi connectivity index (χ4v) is 10.8. The van der Waals surface area contributed by atoms with Crippen molar-refractivity contribution in [2.75, 3.05) is 0 Å². The Morgan fingerprint density at radius 1 is 0.882 bits per heavy atom. The van der Waals surface area contributed by atoms with Crippen LogP contribution in [0.3, 0.4) is 0 Å². The first-order chi connectivity index (χ1) is 15.6. The zero-order chi connectivity index (χ0) is 25.1. The monoisotopic (exact) mass is 472 g/mol. The molecule has 5 aliphatic carbocycles. The first kappa shape index (κ1) is 24.8. The highest BCUT2D eigenvalue weighted by atomic mass is 16.4. The standard InChI is InChI=1S/C30H48O4/c1-25(2)12-14-30(24(33)34)15-13-28(6)18(19(30)16-25)8-9-22-27(5)17-20(31)23(32)26(3,4)21(27)10-11-29(22,28)7/h8,19-23,31-32H,9-17H2,1-7H3,(H,33,34)/t19-,20-,21?,22?,23-,27-,28?,29+,30-/m0/s1. The molecule has 0 aromatic heterocycles. The van der Waals surface area contributed by atoms with E-state index in [-0.39, 0.29) is 33.0 Å². The molecule has 192 valence electrons. The summed E-state index contributed by atoms with van der Waals surface area (Å²) in [6.07, 6.45) is 9.45. The van der Waals surface area contributed by atoms with Crippen molar-refractivity contribution in [3.8, 4) is 0 Å². The molecule has 4 fully saturated rings. The third-order valence-corrected chi connectivity index (χ3v) is 13.0. The molecular formula is C30H48O4.